The lowest BCUT2D eigenvalue weighted by atomic mass is 10.1. The van der Waals surface area contributed by atoms with Crippen LogP contribution in [0.25, 0.3) is 11.0 Å². The molecule has 0 fully saturated rings. The third-order valence-corrected chi connectivity index (χ3v) is 3.21. The fourth-order valence-corrected chi connectivity index (χ4v) is 1.92. The molecule has 5 nitrogen and oxygen atoms in total. The Labute approximate surface area is 104 Å². The maximum atomic E-state index is 11.8. The van der Waals surface area contributed by atoms with Crippen molar-refractivity contribution < 1.29 is 9.90 Å². The zero-order chi connectivity index (χ0) is 13.3. The van der Waals surface area contributed by atoms with Gasteiger partial charge in [0.25, 0.3) is 0 Å². The van der Waals surface area contributed by atoms with Gasteiger partial charge in [0, 0.05) is 6.54 Å². The first-order chi connectivity index (χ1) is 8.52. The Balaban J connectivity index is 2.52. The molecule has 0 radical (unpaired) electrons. The van der Waals surface area contributed by atoms with E-state index in [9.17, 15) is 9.59 Å². The summed E-state index contributed by atoms with van der Waals surface area (Å²) in [4.78, 5) is 25.4. The van der Waals surface area contributed by atoms with Crippen LogP contribution in [0, 0.1) is 5.92 Å². The molecule has 5 heteroatoms. The number of imidazole rings is 1. The summed E-state index contributed by atoms with van der Waals surface area (Å²) in [7, 11) is 0. The summed E-state index contributed by atoms with van der Waals surface area (Å²) in [5.74, 6) is -0.590. The average Bonchev–Trinajstić information content (AvgIpc) is 2.64. The van der Waals surface area contributed by atoms with E-state index in [1.54, 1.807) is 10.6 Å². The van der Waals surface area contributed by atoms with Gasteiger partial charge in [0.15, 0.2) is 0 Å². The van der Waals surface area contributed by atoms with Gasteiger partial charge >= 0.3 is 11.7 Å². The van der Waals surface area contributed by atoms with Gasteiger partial charge < -0.3 is 10.1 Å². The number of nitrogens with zero attached hydrogens (tertiary/aromatic N) is 1. The zero-order valence-corrected chi connectivity index (χ0v) is 10.4. The Bertz CT molecular complexity index is 639. The number of hydrogen-bond acceptors (Lipinski definition) is 2. The summed E-state index contributed by atoms with van der Waals surface area (Å²) in [6.45, 7) is 4.80. The predicted molar refractivity (Wildman–Crippen MR) is 69.0 cm³/mol. The highest BCUT2D eigenvalue weighted by Gasteiger charge is 2.11. The summed E-state index contributed by atoms with van der Waals surface area (Å²) in [5, 5.41) is 8.91. The number of H-pyrrole nitrogens is 1. The SMILES string of the molecule is CCC(C)Cn1c(=O)[nH]c2cc(C(=O)O)ccc21. The number of aromatic amines is 1. The van der Waals surface area contributed by atoms with E-state index in [0.29, 0.717) is 18.0 Å². The number of aromatic carboxylic acids is 1. The highest BCUT2D eigenvalue weighted by atomic mass is 16.4. The van der Waals surface area contributed by atoms with E-state index < -0.39 is 5.97 Å². The Morgan fingerprint density at radius 1 is 1.50 bits per heavy atom. The van der Waals surface area contributed by atoms with Crippen LogP contribution in [0.2, 0.25) is 0 Å². The van der Waals surface area contributed by atoms with Crippen LogP contribution in [0.5, 0.6) is 0 Å². The van der Waals surface area contributed by atoms with Crippen molar-refractivity contribution >= 4 is 17.0 Å². The summed E-state index contributed by atoms with van der Waals surface area (Å²) in [6, 6.07) is 4.69. The molecule has 96 valence electrons. The molecule has 2 aromatic rings. The van der Waals surface area contributed by atoms with Crippen molar-refractivity contribution in [2.24, 2.45) is 5.92 Å². The van der Waals surface area contributed by atoms with Gasteiger partial charge in [-0.25, -0.2) is 9.59 Å². The third-order valence-electron chi connectivity index (χ3n) is 3.21. The lowest BCUT2D eigenvalue weighted by molar-refractivity contribution is 0.0697. The fourth-order valence-electron chi connectivity index (χ4n) is 1.92. The van der Waals surface area contributed by atoms with Crippen molar-refractivity contribution in [3.05, 3.63) is 34.2 Å². The number of carboxylic acids is 1. The van der Waals surface area contributed by atoms with Gasteiger partial charge in [-0.1, -0.05) is 20.3 Å². The van der Waals surface area contributed by atoms with E-state index in [1.807, 2.05) is 0 Å². The van der Waals surface area contributed by atoms with Crippen molar-refractivity contribution in [1.29, 1.82) is 0 Å². The Kier molecular flexibility index (Phi) is 3.23. The maximum Gasteiger partial charge on any atom is 0.335 e. The van der Waals surface area contributed by atoms with E-state index >= 15 is 0 Å². The van der Waals surface area contributed by atoms with Crippen LogP contribution in [0.15, 0.2) is 23.0 Å². The molecule has 0 aliphatic carbocycles. The molecule has 2 N–H and O–H groups in total. The van der Waals surface area contributed by atoms with Crippen LogP contribution < -0.4 is 5.69 Å². The van der Waals surface area contributed by atoms with E-state index in [-0.39, 0.29) is 11.3 Å². The molecule has 0 bridgehead atoms. The zero-order valence-electron chi connectivity index (χ0n) is 10.4. The molecule has 0 aliphatic heterocycles. The molecule has 2 rings (SSSR count). The number of rotatable bonds is 4. The Hall–Kier alpha value is -2.04. The minimum Gasteiger partial charge on any atom is -0.478 e. The lowest BCUT2D eigenvalue weighted by Crippen LogP contribution is -2.20. The molecule has 0 spiro atoms. The average molecular weight is 248 g/mol. The van der Waals surface area contributed by atoms with Gasteiger partial charge in [-0.2, -0.15) is 0 Å². The first-order valence-corrected chi connectivity index (χ1v) is 5.98. The standard InChI is InChI=1S/C13H16N2O3/c1-3-8(2)7-15-11-5-4-9(12(16)17)6-10(11)14-13(15)18/h4-6,8H,3,7H2,1-2H3,(H,14,18)(H,16,17). The molecule has 18 heavy (non-hydrogen) atoms. The molecular formula is C13H16N2O3. The summed E-state index contributed by atoms with van der Waals surface area (Å²) >= 11 is 0. The molecule has 1 unspecified atom stereocenters. The normalized spacial score (nSPS) is 12.8. The number of nitrogens with one attached hydrogen (secondary N) is 1. The first-order valence-electron chi connectivity index (χ1n) is 5.98. The summed E-state index contributed by atoms with van der Waals surface area (Å²) in [5.41, 5.74) is 1.32. The van der Waals surface area contributed by atoms with Crippen molar-refractivity contribution in [2.45, 2.75) is 26.8 Å². The smallest absolute Gasteiger partial charge is 0.335 e. The van der Waals surface area contributed by atoms with Crippen molar-refractivity contribution in [1.82, 2.24) is 9.55 Å². The van der Waals surface area contributed by atoms with E-state index in [0.717, 1.165) is 11.9 Å². The molecule has 1 atom stereocenters. The van der Waals surface area contributed by atoms with Gasteiger partial charge in [0.1, 0.15) is 0 Å². The minimum atomic E-state index is -0.993. The molecule has 0 aliphatic rings. The van der Waals surface area contributed by atoms with Gasteiger partial charge in [-0.05, 0) is 24.1 Å². The van der Waals surface area contributed by atoms with Crippen molar-refractivity contribution in [3.8, 4) is 0 Å². The van der Waals surface area contributed by atoms with Crippen LogP contribution >= 0.6 is 0 Å². The lowest BCUT2D eigenvalue weighted by Gasteiger charge is -2.09. The second kappa shape index (κ2) is 4.68. The van der Waals surface area contributed by atoms with Crippen LogP contribution in [0.4, 0.5) is 0 Å². The van der Waals surface area contributed by atoms with Crippen LogP contribution in [0.3, 0.4) is 0 Å². The maximum absolute atomic E-state index is 11.8. The highest BCUT2D eigenvalue weighted by molar-refractivity contribution is 5.92. The van der Waals surface area contributed by atoms with Crippen molar-refractivity contribution in [3.63, 3.8) is 0 Å². The number of aromatic nitrogens is 2. The summed E-state index contributed by atoms with van der Waals surface area (Å²) in [6.07, 6.45) is 0.992. The molecule has 1 heterocycles. The van der Waals surface area contributed by atoms with Gasteiger partial charge in [-0.15, -0.1) is 0 Å². The Morgan fingerprint density at radius 3 is 2.83 bits per heavy atom. The number of fused-ring (bicyclic) bond motifs is 1. The number of benzene rings is 1. The van der Waals surface area contributed by atoms with Gasteiger partial charge in [-0.3, -0.25) is 4.57 Å². The number of hydrogen-bond donors (Lipinski definition) is 2. The van der Waals surface area contributed by atoms with Gasteiger partial charge in [0.05, 0.1) is 16.6 Å². The molecule has 0 saturated heterocycles. The second-order valence-corrected chi connectivity index (χ2v) is 4.59. The predicted octanol–water partition coefficient (Wildman–Crippen LogP) is 2.07. The van der Waals surface area contributed by atoms with Crippen LogP contribution in [-0.4, -0.2) is 20.6 Å². The number of carboxylic acid groups (broad SMARTS) is 1. The van der Waals surface area contributed by atoms with Crippen LogP contribution in [-0.2, 0) is 6.54 Å². The van der Waals surface area contributed by atoms with E-state index in [2.05, 4.69) is 18.8 Å². The molecule has 0 amide bonds. The monoisotopic (exact) mass is 248 g/mol. The first kappa shape index (κ1) is 12.4. The third kappa shape index (κ3) is 2.16. The van der Waals surface area contributed by atoms with E-state index in [4.69, 9.17) is 5.11 Å². The molecule has 0 saturated carbocycles. The Morgan fingerprint density at radius 2 is 2.22 bits per heavy atom. The topological polar surface area (TPSA) is 75.1 Å². The highest BCUT2D eigenvalue weighted by Crippen LogP contribution is 2.15. The summed E-state index contributed by atoms with van der Waals surface area (Å²) < 4.78 is 1.66. The number of carbonyl (C=O) groups is 1. The van der Waals surface area contributed by atoms with Crippen molar-refractivity contribution in [2.75, 3.05) is 0 Å². The quantitative estimate of drug-likeness (QED) is 0.869. The van der Waals surface area contributed by atoms with E-state index in [1.165, 1.54) is 12.1 Å². The largest absolute Gasteiger partial charge is 0.478 e. The van der Waals surface area contributed by atoms with Gasteiger partial charge in [0.2, 0.25) is 0 Å². The molecule has 1 aromatic heterocycles. The second-order valence-electron chi connectivity index (χ2n) is 4.59. The van der Waals surface area contributed by atoms with Crippen LogP contribution in [0.1, 0.15) is 30.6 Å². The molecular weight excluding hydrogens is 232 g/mol. The fraction of sp³-hybridized carbons (Fsp3) is 0.385. The minimum absolute atomic E-state index is 0.180. The molecule has 1 aromatic carbocycles.